The molecule has 1 atom stereocenters. The lowest BCUT2D eigenvalue weighted by Gasteiger charge is -2.19. The van der Waals surface area contributed by atoms with E-state index in [4.69, 9.17) is 9.05 Å². The average molecular weight is 228 g/mol. The van der Waals surface area contributed by atoms with Crippen LogP contribution < -0.4 is 4.52 Å². The summed E-state index contributed by atoms with van der Waals surface area (Å²) < 4.78 is 10.4. The van der Waals surface area contributed by atoms with Crippen molar-refractivity contribution in [3.05, 3.63) is 30.3 Å². The molecule has 1 aromatic rings. The van der Waals surface area contributed by atoms with Crippen LogP contribution in [-0.4, -0.2) is 11.5 Å². The first-order valence-corrected chi connectivity index (χ1v) is 5.95. The fraction of sp³-hybridized carbons (Fsp3) is 0.455. The molecule has 1 rings (SSSR count). The van der Waals surface area contributed by atoms with Crippen LogP contribution in [0.4, 0.5) is 0 Å². The molecule has 0 heterocycles. The summed E-state index contributed by atoms with van der Waals surface area (Å²) in [7, 11) is -1.82. The minimum Gasteiger partial charge on any atom is -0.427 e. The predicted molar refractivity (Wildman–Crippen MR) is 61.6 cm³/mol. The molecule has 0 bridgehead atoms. The van der Waals surface area contributed by atoms with Crippen molar-refractivity contribution in [3.63, 3.8) is 0 Å². The van der Waals surface area contributed by atoms with Gasteiger partial charge in [-0.25, -0.2) is 0 Å². The molecule has 0 aromatic heterocycles. The van der Waals surface area contributed by atoms with Crippen LogP contribution in [0.25, 0.3) is 0 Å². The van der Waals surface area contributed by atoms with E-state index in [1.807, 2.05) is 39.0 Å². The first-order valence-electron chi connectivity index (χ1n) is 4.82. The Kier molecular flexibility index (Phi) is 4.52. The Morgan fingerprint density at radius 1 is 1.20 bits per heavy atom. The summed E-state index contributed by atoms with van der Waals surface area (Å²) in [6, 6.07) is 9.16. The third-order valence-corrected chi connectivity index (χ3v) is 2.25. The fourth-order valence-corrected chi connectivity index (χ4v) is 1.70. The van der Waals surface area contributed by atoms with Gasteiger partial charge in [0.05, 0.1) is 6.61 Å². The highest BCUT2D eigenvalue weighted by Gasteiger charge is 2.16. The highest BCUT2D eigenvalue weighted by Crippen LogP contribution is 2.36. The molecule has 0 spiro atoms. The van der Waals surface area contributed by atoms with Crippen molar-refractivity contribution in [2.45, 2.75) is 20.8 Å². The lowest BCUT2D eigenvalue weighted by atomic mass is 9.99. The van der Waals surface area contributed by atoms with E-state index in [0.717, 1.165) is 0 Å². The van der Waals surface area contributed by atoms with E-state index in [9.17, 15) is 4.89 Å². The molecule has 84 valence electrons. The quantitative estimate of drug-likeness (QED) is 0.803. The molecule has 0 saturated carbocycles. The summed E-state index contributed by atoms with van der Waals surface area (Å²) in [5.41, 5.74) is 0.0311. The molecule has 1 aromatic carbocycles. The van der Waals surface area contributed by atoms with Crippen molar-refractivity contribution in [2.75, 3.05) is 6.61 Å². The van der Waals surface area contributed by atoms with Crippen LogP contribution in [0.15, 0.2) is 30.3 Å². The van der Waals surface area contributed by atoms with E-state index in [1.54, 1.807) is 12.1 Å². The molecular weight excluding hydrogens is 211 g/mol. The van der Waals surface area contributed by atoms with Crippen molar-refractivity contribution < 1.29 is 13.9 Å². The Morgan fingerprint density at radius 2 is 1.80 bits per heavy atom. The van der Waals surface area contributed by atoms with Gasteiger partial charge < -0.3 is 13.9 Å². The Morgan fingerprint density at radius 3 is 2.33 bits per heavy atom. The maximum Gasteiger partial charge on any atom is 0.394 e. The van der Waals surface area contributed by atoms with Gasteiger partial charge in [0.2, 0.25) is 0 Å². The first-order chi connectivity index (χ1) is 6.97. The van der Waals surface area contributed by atoms with Gasteiger partial charge in [-0.05, 0) is 17.5 Å². The number of rotatable bonds is 4. The third-order valence-electron chi connectivity index (χ3n) is 1.53. The maximum atomic E-state index is 9.49. The van der Waals surface area contributed by atoms with Crippen LogP contribution in [0.5, 0.6) is 5.75 Å². The van der Waals surface area contributed by atoms with Gasteiger partial charge in [-0.2, -0.15) is 0 Å². The second-order valence-electron chi connectivity index (χ2n) is 4.48. The van der Waals surface area contributed by atoms with Gasteiger partial charge in [0.15, 0.2) is 0 Å². The zero-order valence-electron chi connectivity index (χ0n) is 9.30. The van der Waals surface area contributed by atoms with Crippen LogP contribution in [-0.2, 0) is 4.52 Å². The topological polar surface area (TPSA) is 38.7 Å². The van der Waals surface area contributed by atoms with Gasteiger partial charge in [-0.1, -0.05) is 39.0 Å². The monoisotopic (exact) mass is 228 g/mol. The van der Waals surface area contributed by atoms with Gasteiger partial charge in [0.25, 0.3) is 0 Å². The molecule has 0 aliphatic carbocycles. The van der Waals surface area contributed by atoms with Crippen LogP contribution >= 0.6 is 8.60 Å². The van der Waals surface area contributed by atoms with E-state index in [1.165, 1.54) is 0 Å². The number of para-hydroxylation sites is 1. The number of benzene rings is 1. The summed E-state index contributed by atoms with van der Waals surface area (Å²) in [5, 5.41) is 0. The number of hydrogen-bond donors (Lipinski definition) is 1. The second-order valence-corrected chi connectivity index (χ2v) is 5.39. The Labute approximate surface area is 92.0 Å². The van der Waals surface area contributed by atoms with Crippen molar-refractivity contribution in [2.24, 2.45) is 5.41 Å². The van der Waals surface area contributed by atoms with Crippen LogP contribution in [0, 0.1) is 5.41 Å². The molecule has 15 heavy (non-hydrogen) atoms. The normalized spacial score (nSPS) is 13.6. The summed E-state index contributed by atoms with van der Waals surface area (Å²) >= 11 is 0. The predicted octanol–water partition coefficient (Wildman–Crippen LogP) is 3.35. The van der Waals surface area contributed by atoms with Gasteiger partial charge in [-0.15, -0.1) is 0 Å². The van der Waals surface area contributed by atoms with E-state index in [-0.39, 0.29) is 5.41 Å². The molecule has 1 N–H and O–H groups in total. The van der Waals surface area contributed by atoms with Crippen LogP contribution in [0.1, 0.15) is 20.8 Å². The molecular formula is C11H17O3P. The molecule has 0 aliphatic heterocycles. The Bertz CT molecular complexity index is 282. The third kappa shape index (κ3) is 5.73. The van der Waals surface area contributed by atoms with Crippen molar-refractivity contribution in [1.82, 2.24) is 0 Å². The Hall–Kier alpha value is -0.630. The highest BCUT2D eigenvalue weighted by molar-refractivity contribution is 7.41. The van der Waals surface area contributed by atoms with E-state index in [0.29, 0.717) is 12.4 Å². The zero-order chi connectivity index (χ0) is 11.3. The van der Waals surface area contributed by atoms with E-state index < -0.39 is 8.60 Å². The minimum absolute atomic E-state index is 0.0311. The molecule has 0 amide bonds. The summed E-state index contributed by atoms with van der Waals surface area (Å²) in [6.45, 7) is 6.60. The summed E-state index contributed by atoms with van der Waals surface area (Å²) in [4.78, 5) is 9.49. The minimum atomic E-state index is -1.82. The second kappa shape index (κ2) is 5.45. The lowest BCUT2D eigenvalue weighted by molar-refractivity contribution is 0.175. The SMILES string of the molecule is CC(C)(C)COP(O)Oc1ccccc1. The van der Waals surface area contributed by atoms with E-state index >= 15 is 0 Å². The molecule has 3 nitrogen and oxygen atoms in total. The zero-order valence-corrected chi connectivity index (χ0v) is 10.2. The maximum absolute atomic E-state index is 9.49. The Balaban J connectivity index is 2.34. The lowest BCUT2D eigenvalue weighted by Crippen LogP contribution is -2.13. The van der Waals surface area contributed by atoms with Crippen molar-refractivity contribution in [3.8, 4) is 5.75 Å². The van der Waals surface area contributed by atoms with Crippen molar-refractivity contribution >= 4 is 8.60 Å². The largest absolute Gasteiger partial charge is 0.427 e. The van der Waals surface area contributed by atoms with Crippen molar-refractivity contribution in [1.29, 1.82) is 0 Å². The molecule has 0 fully saturated rings. The fourth-order valence-electron chi connectivity index (χ4n) is 0.847. The number of hydrogen-bond acceptors (Lipinski definition) is 3. The van der Waals surface area contributed by atoms with Gasteiger partial charge >= 0.3 is 8.60 Å². The van der Waals surface area contributed by atoms with Crippen LogP contribution in [0.3, 0.4) is 0 Å². The van der Waals surface area contributed by atoms with Gasteiger partial charge in [0.1, 0.15) is 5.75 Å². The molecule has 1 unspecified atom stereocenters. The first kappa shape index (κ1) is 12.4. The van der Waals surface area contributed by atoms with Crippen LogP contribution in [0.2, 0.25) is 0 Å². The standard InChI is InChI=1S/C11H17O3P/c1-11(2,3)9-13-15(12)14-10-7-5-4-6-8-10/h4-8,12H,9H2,1-3H3. The average Bonchev–Trinajstić information content (AvgIpc) is 2.15. The summed E-state index contributed by atoms with van der Waals surface area (Å²) in [6.07, 6.45) is 0. The molecule has 0 aliphatic rings. The summed E-state index contributed by atoms with van der Waals surface area (Å²) in [5.74, 6) is 0.625. The van der Waals surface area contributed by atoms with Gasteiger partial charge in [0, 0.05) is 0 Å². The molecule has 0 saturated heterocycles. The highest BCUT2D eigenvalue weighted by atomic mass is 31.2. The molecule has 0 radical (unpaired) electrons. The molecule has 4 heteroatoms. The smallest absolute Gasteiger partial charge is 0.394 e. The van der Waals surface area contributed by atoms with E-state index in [2.05, 4.69) is 0 Å². The van der Waals surface area contributed by atoms with Gasteiger partial charge in [-0.3, -0.25) is 0 Å².